The van der Waals surface area contributed by atoms with Crippen molar-refractivity contribution < 1.29 is 28.2 Å². The first-order valence-corrected chi connectivity index (χ1v) is 17.4. The fraction of sp³-hybridized carbons (Fsp3) is 0.432. The number of carbonyl (C=O) groups excluding carboxylic acids is 3. The van der Waals surface area contributed by atoms with Crippen molar-refractivity contribution >= 4 is 50.9 Å². The standard InChI is InChI=1S/C37H45FN8O5/c1-20(2)28(44-37(49)51-4)16-23(7-5-13-39)34-41-27-12-10-21-15-22(9-11-24(21)33(27)45-34)25-17-29-30(18-26(25)38)43-35(42-29)31-8-6-14-46(31)32(47)19-40-36(48)50-3/h9-12,15,17-18,20,23,28,31H,5-8,13-14,16,19,39H2,1-4H3,(H,40,48)(H,41,45)(H,42,43)(H,44,49)/t23?,28-,31+/m1/s1. The number of hydrogen-bond acceptors (Lipinski definition) is 8. The number of nitrogens with one attached hydrogen (secondary N) is 4. The number of alkyl carbamates (subject to hydrolysis) is 2. The number of nitrogens with two attached hydrogens (primary N) is 1. The summed E-state index contributed by atoms with van der Waals surface area (Å²) in [4.78, 5) is 54.7. The number of nitrogens with zero attached hydrogens (tertiary/aromatic N) is 3. The molecule has 1 unspecified atom stereocenters. The summed E-state index contributed by atoms with van der Waals surface area (Å²) in [5.74, 6) is 0.983. The van der Waals surface area contributed by atoms with Crippen molar-refractivity contribution in [3.63, 3.8) is 0 Å². The maximum absolute atomic E-state index is 15.7. The number of likely N-dealkylation sites (tertiary alicyclic amines) is 1. The lowest BCUT2D eigenvalue weighted by molar-refractivity contribution is -0.131. The van der Waals surface area contributed by atoms with E-state index in [4.69, 9.17) is 20.4 Å². The Morgan fingerprint density at radius 3 is 2.59 bits per heavy atom. The van der Waals surface area contributed by atoms with Gasteiger partial charge in [0, 0.05) is 35.5 Å². The molecule has 6 rings (SSSR count). The fourth-order valence-electron chi connectivity index (χ4n) is 7.03. The van der Waals surface area contributed by atoms with E-state index in [1.165, 1.54) is 20.3 Å². The molecule has 1 fully saturated rings. The topological polar surface area (TPSA) is 180 Å². The first-order chi connectivity index (χ1) is 24.6. The van der Waals surface area contributed by atoms with E-state index >= 15 is 4.39 Å². The molecular formula is C37H45FN8O5. The van der Waals surface area contributed by atoms with E-state index in [0.29, 0.717) is 53.9 Å². The second kappa shape index (κ2) is 15.3. The highest BCUT2D eigenvalue weighted by molar-refractivity contribution is 6.05. The van der Waals surface area contributed by atoms with Gasteiger partial charge in [0.15, 0.2) is 0 Å². The van der Waals surface area contributed by atoms with Crippen molar-refractivity contribution in [2.24, 2.45) is 11.7 Å². The molecule has 13 nitrogen and oxygen atoms in total. The lowest BCUT2D eigenvalue weighted by Gasteiger charge is -2.26. The van der Waals surface area contributed by atoms with Gasteiger partial charge in [-0.1, -0.05) is 32.0 Å². The van der Waals surface area contributed by atoms with E-state index in [1.807, 2.05) is 30.3 Å². The van der Waals surface area contributed by atoms with Crippen LogP contribution in [0.25, 0.3) is 44.0 Å². The van der Waals surface area contributed by atoms with Gasteiger partial charge >= 0.3 is 12.2 Å². The molecule has 1 saturated heterocycles. The zero-order valence-electron chi connectivity index (χ0n) is 29.3. The molecule has 2 aromatic heterocycles. The summed E-state index contributed by atoms with van der Waals surface area (Å²) in [5.41, 5.74) is 9.83. The summed E-state index contributed by atoms with van der Waals surface area (Å²) in [6.45, 7) is 5.03. The highest BCUT2D eigenvalue weighted by Gasteiger charge is 2.32. The number of benzene rings is 3. The van der Waals surface area contributed by atoms with Gasteiger partial charge in [-0.15, -0.1) is 0 Å². The minimum absolute atomic E-state index is 0.0327. The Kier molecular flexibility index (Phi) is 10.7. The first kappa shape index (κ1) is 35.6. The molecule has 14 heteroatoms. The predicted octanol–water partition coefficient (Wildman–Crippen LogP) is 6.01. The maximum Gasteiger partial charge on any atom is 0.407 e. The van der Waals surface area contributed by atoms with E-state index in [2.05, 4.69) is 39.2 Å². The van der Waals surface area contributed by atoms with Gasteiger partial charge in [0.05, 0.1) is 42.3 Å². The second-order valence-electron chi connectivity index (χ2n) is 13.4. The van der Waals surface area contributed by atoms with Gasteiger partial charge in [0.25, 0.3) is 0 Å². The van der Waals surface area contributed by atoms with Crippen LogP contribution in [0.15, 0.2) is 42.5 Å². The third-order valence-corrected chi connectivity index (χ3v) is 9.82. The molecule has 51 heavy (non-hydrogen) atoms. The van der Waals surface area contributed by atoms with Gasteiger partial charge in [-0.25, -0.2) is 23.9 Å². The van der Waals surface area contributed by atoms with Crippen LogP contribution in [0, 0.1) is 11.7 Å². The van der Waals surface area contributed by atoms with Crippen LogP contribution in [0.3, 0.4) is 0 Å². The zero-order valence-corrected chi connectivity index (χ0v) is 29.3. The van der Waals surface area contributed by atoms with Crippen LogP contribution in [0.5, 0.6) is 0 Å². The molecule has 0 bridgehead atoms. The molecule has 1 aliphatic rings. The Hall–Kier alpha value is -5.24. The Labute approximate surface area is 294 Å². The van der Waals surface area contributed by atoms with E-state index in [0.717, 1.165) is 46.9 Å². The van der Waals surface area contributed by atoms with Crippen LogP contribution >= 0.6 is 0 Å². The number of amides is 3. The van der Waals surface area contributed by atoms with Gasteiger partial charge in [0.2, 0.25) is 5.91 Å². The number of imidazole rings is 2. The molecule has 1 aliphatic heterocycles. The number of fused-ring (bicyclic) bond motifs is 4. The smallest absolute Gasteiger partial charge is 0.407 e. The Balaban J connectivity index is 1.27. The van der Waals surface area contributed by atoms with E-state index in [9.17, 15) is 14.4 Å². The van der Waals surface area contributed by atoms with Gasteiger partial charge < -0.3 is 40.7 Å². The summed E-state index contributed by atoms with van der Waals surface area (Å²) in [5, 5.41) is 7.25. The number of halogens is 1. The molecule has 270 valence electrons. The average Bonchev–Trinajstić information content (AvgIpc) is 3.89. The van der Waals surface area contributed by atoms with Gasteiger partial charge in [-0.05, 0) is 73.7 Å². The minimum atomic E-state index is -0.674. The minimum Gasteiger partial charge on any atom is -0.453 e. The van der Waals surface area contributed by atoms with E-state index in [1.54, 1.807) is 11.0 Å². The van der Waals surface area contributed by atoms with Crippen LogP contribution in [0.2, 0.25) is 0 Å². The number of aromatic nitrogens is 4. The normalized spacial score (nSPS) is 15.8. The molecule has 6 N–H and O–H groups in total. The molecule has 3 aromatic carbocycles. The van der Waals surface area contributed by atoms with Crippen molar-refractivity contribution in [3.8, 4) is 11.1 Å². The van der Waals surface area contributed by atoms with Crippen LogP contribution in [0.1, 0.15) is 69.6 Å². The van der Waals surface area contributed by atoms with Gasteiger partial charge in [-0.3, -0.25) is 4.79 Å². The molecule has 0 spiro atoms. The quantitative estimate of drug-likeness (QED) is 0.105. The Bertz CT molecular complexity index is 2060. The third kappa shape index (κ3) is 7.60. The van der Waals surface area contributed by atoms with E-state index in [-0.39, 0.29) is 36.4 Å². The molecule has 5 aromatic rings. The second-order valence-corrected chi connectivity index (χ2v) is 13.4. The number of H-pyrrole nitrogens is 2. The number of ether oxygens (including phenoxy) is 2. The van der Waals surface area contributed by atoms with Crippen molar-refractivity contribution in [2.45, 2.75) is 64.0 Å². The molecule has 3 atom stereocenters. The van der Waals surface area contributed by atoms with E-state index < -0.39 is 18.0 Å². The summed E-state index contributed by atoms with van der Waals surface area (Å²) >= 11 is 0. The summed E-state index contributed by atoms with van der Waals surface area (Å²) in [7, 11) is 2.60. The summed E-state index contributed by atoms with van der Waals surface area (Å²) < 4.78 is 25.1. The zero-order chi connectivity index (χ0) is 36.2. The SMILES string of the molecule is COC(=O)NCC(=O)N1CCC[C@H]1c1nc2cc(-c3ccc4c(ccc5[nH]c(C(CCCN)C[C@@H](NC(=O)OC)C(C)C)nc54)c3)c(F)cc2[nH]1. The van der Waals surface area contributed by atoms with Crippen LogP contribution in [-0.2, 0) is 14.3 Å². The van der Waals surface area contributed by atoms with Crippen LogP contribution in [-0.4, -0.2) is 82.8 Å². The molecular weight excluding hydrogens is 655 g/mol. The lowest BCUT2D eigenvalue weighted by Crippen LogP contribution is -2.40. The largest absolute Gasteiger partial charge is 0.453 e. The molecule has 0 saturated carbocycles. The van der Waals surface area contributed by atoms with Crippen molar-refractivity contribution in [1.29, 1.82) is 0 Å². The fourth-order valence-corrected chi connectivity index (χ4v) is 7.03. The van der Waals surface area contributed by atoms with Gasteiger partial charge in [-0.2, -0.15) is 0 Å². The predicted molar refractivity (Wildman–Crippen MR) is 193 cm³/mol. The lowest BCUT2D eigenvalue weighted by atomic mass is 9.89. The Morgan fingerprint density at radius 2 is 1.84 bits per heavy atom. The molecule has 0 radical (unpaired) electrons. The first-order valence-electron chi connectivity index (χ1n) is 17.4. The van der Waals surface area contributed by atoms with Crippen molar-refractivity contribution in [1.82, 2.24) is 35.5 Å². The number of carbonyl (C=O) groups is 3. The summed E-state index contributed by atoms with van der Waals surface area (Å²) in [6.07, 6.45) is 2.64. The number of aromatic amines is 2. The molecule has 3 heterocycles. The summed E-state index contributed by atoms with van der Waals surface area (Å²) in [6, 6.07) is 12.5. The van der Waals surface area contributed by atoms with Crippen molar-refractivity contribution in [3.05, 3.63) is 59.9 Å². The highest BCUT2D eigenvalue weighted by atomic mass is 19.1. The number of methoxy groups -OCH3 is 2. The van der Waals surface area contributed by atoms with Crippen LogP contribution < -0.4 is 16.4 Å². The highest BCUT2D eigenvalue weighted by Crippen LogP contribution is 2.36. The maximum atomic E-state index is 15.7. The van der Waals surface area contributed by atoms with Gasteiger partial charge in [0.1, 0.15) is 24.0 Å². The molecule has 3 amide bonds. The average molecular weight is 701 g/mol. The third-order valence-electron chi connectivity index (χ3n) is 9.82. The van der Waals surface area contributed by atoms with Crippen LogP contribution in [0.4, 0.5) is 14.0 Å². The monoisotopic (exact) mass is 700 g/mol. The number of hydrogen-bond donors (Lipinski definition) is 5. The van der Waals surface area contributed by atoms with Crippen molar-refractivity contribution in [2.75, 3.05) is 33.9 Å². The number of rotatable bonds is 12. The Morgan fingerprint density at radius 1 is 1.04 bits per heavy atom. The molecule has 0 aliphatic carbocycles.